The van der Waals surface area contributed by atoms with E-state index in [4.69, 9.17) is 28.5 Å². The third kappa shape index (κ3) is 4.17. The zero-order valence-electron chi connectivity index (χ0n) is 9.50. The molecule has 0 aliphatic heterocycles. The van der Waals surface area contributed by atoms with Gasteiger partial charge in [-0.3, -0.25) is 4.79 Å². The molecule has 0 bridgehead atoms. The van der Waals surface area contributed by atoms with Gasteiger partial charge in [0, 0.05) is 23.1 Å². The zero-order chi connectivity index (χ0) is 13.5. The van der Waals surface area contributed by atoms with Crippen molar-refractivity contribution in [1.82, 2.24) is 4.90 Å². The molecule has 1 amide bonds. The van der Waals surface area contributed by atoms with Crippen LogP contribution in [-0.4, -0.2) is 24.0 Å². The van der Waals surface area contributed by atoms with Crippen LogP contribution in [0.25, 0.3) is 0 Å². The van der Waals surface area contributed by atoms with E-state index in [1.165, 1.54) is 4.90 Å². The molecule has 0 N–H and O–H groups in total. The third-order valence-corrected chi connectivity index (χ3v) is 2.92. The average Bonchev–Trinajstić information content (AvgIpc) is 2.36. The Morgan fingerprint density at radius 1 is 1.44 bits per heavy atom. The molecule has 1 aromatic rings. The van der Waals surface area contributed by atoms with Crippen LogP contribution in [-0.2, 0) is 11.3 Å². The Kier molecular flexibility index (Phi) is 5.90. The van der Waals surface area contributed by atoms with Crippen molar-refractivity contribution in [3.05, 3.63) is 33.8 Å². The van der Waals surface area contributed by atoms with E-state index >= 15 is 0 Å². The summed E-state index contributed by atoms with van der Waals surface area (Å²) in [5.74, 6) is -0.656. The molecule has 0 saturated heterocycles. The zero-order valence-corrected chi connectivity index (χ0v) is 11.0. The van der Waals surface area contributed by atoms with E-state index in [1.54, 1.807) is 18.2 Å². The Hall–Kier alpha value is -1.31. The van der Waals surface area contributed by atoms with Crippen LogP contribution in [0, 0.1) is 11.3 Å². The summed E-state index contributed by atoms with van der Waals surface area (Å²) in [5, 5.41) is 9.40. The number of alkyl halides is 1. The maximum Gasteiger partial charge on any atom is 0.254 e. The third-order valence-electron chi connectivity index (χ3n) is 2.34. The van der Waals surface area contributed by atoms with E-state index in [0.717, 1.165) is 0 Å². The first kappa shape index (κ1) is 14.7. The number of carbonyl (C=O) groups excluding carboxylic acids is 1. The van der Waals surface area contributed by atoms with E-state index in [1.807, 2.05) is 6.07 Å². The van der Waals surface area contributed by atoms with Gasteiger partial charge in [-0.2, -0.15) is 5.26 Å². The molecule has 0 atom stereocenters. The molecule has 0 saturated carbocycles. The SMILES string of the molecule is N#CCCN(Cc1ccc(Cl)cc1Cl)C(=O)CF. The molecular weight excluding hydrogens is 278 g/mol. The molecule has 0 aliphatic rings. The summed E-state index contributed by atoms with van der Waals surface area (Å²) in [4.78, 5) is 12.6. The predicted octanol–water partition coefficient (Wildman–Crippen LogP) is 3.21. The second-order valence-corrected chi connectivity index (χ2v) is 4.44. The summed E-state index contributed by atoms with van der Waals surface area (Å²) < 4.78 is 12.4. The second-order valence-electron chi connectivity index (χ2n) is 3.59. The van der Waals surface area contributed by atoms with Gasteiger partial charge in [0.25, 0.3) is 5.91 Å². The fourth-order valence-corrected chi connectivity index (χ4v) is 1.89. The number of hydrogen-bond acceptors (Lipinski definition) is 2. The highest BCUT2D eigenvalue weighted by Gasteiger charge is 2.14. The van der Waals surface area contributed by atoms with Crippen molar-refractivity contribution in [2.24, 2.45) is 0 Å². The number of benzene rings is 1. The van der Waals surface area contributed by atoms with Crippen LogP contribution in [0.5, 0.6) is 0 Å². The molecule has 0 fully saturated rings. The Bertz CT molecular complexity index is 474. The van der Waals surface area contributed by atoms with Gasteiger partial charge in [0.15, 0.2) is 6.67 Å². The van der Waals surface area contributed by atoms with Crippen molar-refractivity contribution < 1.29 is 9.18 Å². The summed E-state index contributed by atoms with van der Waals surface area (Å²) in [6.07, 6.45) is 0.150. The number of halogens is 3. The van der Waals surface area contributed by atoms with Crippen molar-refractivity contribution in [2.45, 2.75) is 13.0 Å². The van der Waals surface area contributed by atoms with Crippen LogP contribution in [0.3, 0.4) is 0 Å². The van der Waals surface area contributed by atoms with Gasteiger partial charge < -0.3 is 4.90 Å². The van der Waals surface area contributed by atoms with Gasteiger partial charge in [-0.15, -0.1) is 0 Å². The maximum absolute atomic E-state index is 12.4. The minimum Gasteiger partial charge on any atom is -0.335 e. The number of amides is 1. The van der Waals surface area contributed by atoms with Gasteiger partial charge in [-0.25, -0.2) is 4.39 Å². The molecule has 0 spiro atoms. The van der Waals surface area contributed by atoms with Gasteiger partial charge in [0.1, 0.15) is 0 Å². The molecule has 0 aromatic heterocycles. The van der Waals surface area contributed by atoms with Crippen LogP contribution in [0.2, 0.25) is 10.0 Å². The summed E-state index contributed by atoms with van der Waals surface area (Å²) >= 11 is 11.7. The minimum absolute atomic E-state index is 0.150. The lowest BCUT2D eigenvalue weighted by Crippen LogP contribution is -2.32. The molecule has 0 unspecified atom stereocenters. The van der Waals surface area contributed by atoms with Crippen LogP contribution in [0.1, 0.15) is 12.0 Å². The summed E-state index contributed by atoms with van der Waals surface area (Å²) in [6, 6.07) is 6.79. The van der Waals surface area contributed by atoms with Gasteiger partial charge in [-0.1, -0.05) is 29.3 Å². The topological polar surface area (TPSA) is 44.1 Å². The lowest BCUT2D eigenvalue weighted by Gasteiger charge is -2.20. The molecule has 6 heteroatoms. The van der Waals surface area contributed by atoms with E-state index in [9.17, 15) is 9.18 Å². The monoisotopic (exact) mass is 288 g/mol. The molecule has 0 heterocycles. The van der Waals surface area contributed by atoms with Crippen molar-refractivity contribution >= 4 is 29.1 Å². The second kappa shape index (κ2) is 7.20. The Morgan fingerprint density at radius 3 is 2.72 bits per heavy atom. The van der Waals surface area contributed by atoms with Crippen molar-refractivity contribution in [3.8, 4) is 6.07 Å². The number of hydrogen-bond donors (Lipinski definition) is 0. The molecule has 3 nitrogen and oxygen atoms in total. The Balaban J connectivity index is 2.82. The molecule has 0 radical (unpaired) electrons. The summed E-state index contributed by atoms with van der Waals surface area (Å²) in [7, 11) is 0. The fraction of sp³-hybridized carbons (Fsp3) is 0.333. The predicted molar refractivity (Wildman–Crippen MR) is 68.1 cm³/mol. The Labute approximate surface area is 115 Å². The van der Waals surface area contributed by atoms with Crippen molar-refractivity contribution in [1.29, 1.82) is 5.26 Å². The average molecular weight is 289 g/mol. The number of carbonyl (C=O) groups is 1. The first-order valence-electron chi connectivity index (χ1n) is 5.23. The van der Waals surface area contributed by atoms with Gasteiger partial charge in [-0.05, 0) is 17.7 Å². The minimum atomic E-state index is -1.09. The van der Waals surface area contributed by atoms with E-state index in [-0.39, 0.29) is 19.5 Å². The van der Waals surface area contributed by atoms with Crippen molar-refractivity contribution in [3.63, 3.8) is 0 Å². The number of nitriles is 1. The smallest absolute Gasteiger partial charge is 0.254 e. The van der Waals surface area contributed by atoms with E-state index < -0.39 is 12.6 Å². The van der Waals surface area contributed by atoms with Gasteiger partial charge >= 0.3 is 0 Å². The Morgan fingerprint density at radius 2 is 2.17 bits per heavy atom. The van der Waals surface area contributed by atoms with E-state index in [0.29, 0.717) is 15.6 Å². The highest BCUT2D eigenvalue weighted by atomic mass is 35.5. The lowest BCUT2D eigenvalue weighted by molar-refractivity contribution is -0.132. The van der Waals surface area contributed by atoms with Crippen molar-refractivity contribution in [2.75, 3.05) is 13.2 Å². The highest BCUT2D eigenvalue weighted by molar-refractivity contribution is 6.35. The normalized spacial score (nSPS) is 9.89. The highest BCUT2D eigenvalue weighted by Crippen LogP contribution is 2.22. The summed E-state index contributed by atoms with van der Waals surface area (Å²) in [6.45, 7) is -0.741. The number of nitrogens with zero attached hydrogens (tertiary/aromatic N) is 2. The standard InChI is InChI=1S/C12H11Cl2FN2O/c13-10-3-2-9(11(14)6-10)8-17(5-1-4-16)12(18)7-15/h2-3,6H,1,5,7-8H2. The molecule has 18 heavy (non-hydrogen) atoms. The van der Waals surface area contributed by atoms with Crippen LogP contribution >= 0.6 is 23.2 Å². The first-order valence-corrected chi connectivity index (χ1v) is 5.98. The van der Waals surface area contributed by atoms with Gasteiger partial charge in [0.05, 0.1) is 12.5 Å². The van der Waals surface area contributed by atoms with Gasteiger partial charge in [0.2, 0.25) is 0 Å². The molecule has 1 rings (SSSR count). The first-order chi connectivity index (χ1) is 8.58. The summed E-state index contributed by atoms with van der Waals surface area (Å²) in [5.41, 5.74) is 0.667. The largest absolute Gasteiger partial charge is 0.335 e. The maximum atomic E-state index is 12.4. The molecule has 1 aromatic carbocycles. The molecule has 96 valence electrons. The fourth-order valence-electron chi connectivity index (χ4n) is 1.42. The van der Waals surface area contributed by atoms with Crippen LogP contribution in [0.4, 0.5) is 4.39 Å². The molecule has 0 aliphatic carbocycles. The van der Waals surface area contributed by atoms with Crippen LogP contribution in [0.15, 0.2) is 18.2 Å². The van der Waals surface area contributed by atoms with Crippen LogP contribution < -0.4 is 0 Å². The quantitative estimate of drug-likeness (QED) is 0.835. The van der Waals surface area contributed by atoms with E-state index in [2.05, 4.69) is 0 Å². The number of rotatable bonds is 5. The lowest BCUT2D eigenvalue weighted by atomic mass is 10.2. The molecular formula is C12H11Cl2FN2O.